The molecule has 372 valence electrons. The molecule has 0 amide bonds. The maximum Gasteiger partial charge on any atom is 0.305 e. The summed E-state index contributed by atoms with van der Waals surface area (Å²) in [4.78, 5) is 25.9. The van der Waals surface area contributed by atoms with E-state index in [0.717, 1.165) is 0 Å². The first-order valence-electron chi connectivity index (χ1n) is 23.5. The lowest BCUT2D eigenvalue weighted by atomic mass is 9.92. The van der Waals surface area contributed by atoms with Gasteiger partial charge in [0, 0.05) is 61.7 Å². The molecule has 17 heteroatoms. The summed E-state index contributed by atoms with van der Waals surface area (Å²) in [6.45, 7) is 5.81. The van der Waals surface area contributed by atoms with Gasteiger partial charge in [0.2, 0.25) is 0 Å². The van der Waals surface area contributed by atoms with Gasteiger partial charge in [-0.25, -0.2) is 0 Å². The number of nitrogens with zero attached hydrogens (tertiary/aromatic N) is 3. The summed E-state index contributed by atoms with van der Waals surface area (Å²) in [5, 5.41) is 61.0. The van der Waals surface area contributed by atoms with Crippen molar-refractivity contribution in [1.29, 1.82) is 0 Å². The van der Waals surface area contributed by atoms with Gasteiger partial charge in [0.1, 0.15) is 37.6 Å². The molecule has 4 aromatic rings. The molecule has 69 heavy (non-hydrogen) atoms. The van der Waals surface area contributed by atoms with Crippen molar-refractivity contribution >= 4 is 11.9 Å². The monoisotopic (exact) mass is 955 g/mol. The molecule has 2 fully saturated rings. The molecule has 4 unspecified atom stereocenters. The minimum atomic E-state index is -1.14. The van der Waals surface area contributed by atoms with E-state index in [1.54, 1.807) is 13.8 Å². The summed E-state index contributed by atoms with van der Waals surface area (Å²) >= 11 is 0. The van der Waals surface area contributed by atoms with Crippen LogP contribution in [0, 0.1) is 11.8 Å². The smallest absolute Gasteiger partial charge is 0.305 e. The van der Waals surface area contributed by atoms with Gasteiger partial charge in [-0.2, -0.15) is 0 Å². The van der Waals surface area contributed by atoms with Crippen LogP contribution >= 0.6 is 0 Å². The number of fused-ring (bicyclic) bond motifs is 6. The number of ether oxygens (including phenoxy) is 6. The van der Waals surface area contributed by atoms with Gasteiger partial charge in [0.25, 0.3) is 0 Å². The Morgan fingerprint density at radius 3 is 1.38 bits per heavy atom. The molecule has 2 aliphatic carbocycles. The number of esters is 2. The summed E-state index contributed by atoms with van der Waals surface area (Å²) in [6.07, 6.45) is -5.35. The molecule has 2 heterocycles. The average Bonchev–Trinajstić information content (AvgIpc) is 3.87. The number of azide groups is 1. The second-order valence-electron chi connectivity index (χ2n) is 17.6. The lowest BCUT2D eigenvalue weighted by molar-refractivity contribution is -0.282. The van der Waals surface area contributed by atoms with Crippen LogP contribution in [0.25, 0.3) is 32.7 Å². The first-order valence-corrected chi connectivity index (χ1v) is 23.5. The minimum absolute atomic E-state index is 0.0517. The van der Waals surface area contributed by atoms with Gasteiger partial charge in [0.05, 0.1) is 25.4 Å². The molecular formula is C52H65N3O14. The zero-order valence-corrected chi connectivity index (χ0v) is 39.2. The van der Waals surface area contributed by atoms with Gasteiger partial charge >= 0.3 is 11.9 Å². The third-order valence-electron chi connectivity index (χ3n) is 13.0. The van der Waals surface area contributed by atoms with Crippen molar-refractivity contribution in [2.45, 2.75) is 107 Å². The van der Waals surface area contributed by atoms with Crippen molar-refractivity contribution in [3.05, 3.63) is 130 Å². The fraction of sp³-hybridized carbons (Fsp3) is 0.500. The van der Waals surface area contributed by atoms with Crippen molar-refractivity contribution in [3.63, 3.8) is 0 Å². The predicted molar refractivity (Wildman–Crippen MR) is 253 cm³/mol. The van der Waals surface area contributed by atoms with Crippen LogP contribution in [0.4, 0.5) is 0 Å². The van der Waals surface area contributed by atoms with Gasteiger partial charge in [-0.15, -0.1) is 0 Å². The van der Waals surface area contributed by atoms with Crippen LogP contribution in [0.3, 0.4) is 0 Å². The fourth-order valence-corrected chi connectivity index (χ4v) is 9.10. The molecule has 0 spiro atoms. The summed E-state index contributed by atoms with van der Waals surface area (Å²) in [5.74, 6) is -1.07. The molecule has 17 nitrogen and oxygen atoms in total. The maximum atomic E-state index is 12.3. The topological polar surface area (TPSA) is 260 Å². The van der Waals surface area contributed by atoms with E-state index < -0.39 is 67.6 Å². The Labute approximate surface area is 402 Å². The van der Waals surface area contributed by atoms with Crippen LogP contribution in [0.5, 0.6) is 0 Å². The van der Waals surface area contributed by atoms with Crippen molar-refractivity contribution in [2.24, 2.45) is 17.0 Å². The third kappa shape index (κ3) is 13.3. The van der Waals surface area contributed by atoms with Crippen molar-refractivity contribution in [2.75, 3.05) is 46.2 Å². The minimum Gasteiger partial charge on any atom is -0.465 e. The SMILES string of the molecule is CC(=O)OCC1c2ccccc2-c2ccccc21.CC1[C@@H](OCCCCC(=O)OCC2c3ccccc3-c3ccccc32)OC(CO)[C@@H](O)[C@@H]1O.CC1[C@@H](OCCCN=[N+]=[N-])OC(CO)[C@@H](O)[C@@H]1O. The highest BCUT2D eigenvalue weighted by Crippen LogP contribution is 2.46. The molecular weight excluding hydrogens is 891 g/mol. The molecule has 4 aromatic carbocycles. The molecule has 4 aliphatic rings. The van der Waals surface area contributed by atoms with Gasteiger partial charge < -0.3 is 59.1 Å². The lowest BCUT2D eigenvalue weighted by Gasteiger charge is -2.40. The van der Waals surface area contributed by atoms with Gasteiger partial charge in [0.15, 0.2) is 12.6 Å². The predicted octanol–water partition coefficient (Wildman–Crippen LogP) is 5.74. The number of rotatable bonds is 17. The van der Waals surface area contributed by atoms with E-state index >= 15 is 0 Å². The second-order valence-corrected chi connectivity index (χ2v) is 17.6. The zero-order valence-electron chi connectivity index (χ0n) is 39.2. The Bertz CT molecular complexity index is 2230. The van der Waals surface area contributed by atoms with Crippen LogP contribution in [-0.4, -0.2) is 138 Å². The Balaban J connectivity index is 0.000000184. The Hall–Kier alpha value is -5.27. The number of aliphatic hydroxyl groups excluding tert-OH is 6. The first kappa shape index (κ1) is 53.1. The first-order chi connectivity index (χ1) is 33.4. The fourth-order valence-electron chi connectivity index (χ4n) is 9.10. The summed E-state index contributed by atoms with van der Waals surface area (Å²) in [6, 6.07) is 33.1. The van der Waals surface area contributed by atoms with Gasteiger partial charge in [-0.05, 0) is 69.3 Å². The van der Waals surface area contributed by atoms with Crippen LogP contribution in [0.1, 0.15) is 80.5 Å². The van der Waals surface area contributed by atoms with Crippen LogP contribution in [-0.2, 0) is 38.0 Å². The standard InChI is InChI=1S/C26H32O7.C16H14O2.C10H19N3O5/c1-16-24(29)25(30)22(14-27)33-26(16)31-13-7-6-12-23(28)32-15-21-19-10-4-2-8-17(19)18-9-3-5-11-20(18)21;1-11(17)18-10-16-14-8-4-2-6-12(14)13-7-3-5-9-15(13)16;1-6-8(15)9(16)7(5-14)18-10(6)17-4-2-3-12-13-11/h2-5,8-11,16,21-22,24-27,29-30H,6-7,12-15H2,1H3;2-9,16H,10H2,1H3;6-10,14-16H,2-5H2,1H3/t16?,22?,24-,25-,26+;;6?,7?,8-,9-,10+/m1.1/s1. The molecule has 2 saturated heterocycles. The number of carbonyl (C=O) groups excluding carboxylic acids is 2. The molecule has 0 radical (unpaired) electrons. The van der Waals surface area contributed by atoms with Crippen LogP contribution in [0.15, 0.2) is 102 Å². The van der Waals surface area contributed by atoms with Crippen molar-refractivity contribution in [3.8, 4) is 22.3 Å². The van der Waals surface area contributed by atoms with Gasteiger partial charge in [-0.3, -0.25) is 9.59 Å². The quantitative estimate of drug-likeness (QED) is 0.0242. The number of hydrogen-bond acceptors (Lipinski definition) is 15. The Morgan fingerprint density at radius 1 is 0.594 bits per heavy atom. The molecule has 10 atom stereocenters. The number of hydrogen-bond donors (Lipinski definition) is 6. The number of benzene rings is 4. The Morgan fingerprint density at radius 2 is 0.986 bits per heavy atom. The second kappa shape index (κ2) is 26.1. The molecule has 0 bridgehead atoms. The third-order valence-corrected chi connectivity index (χ3v) is 13.0. The number of aliphatic hydroxyl groups is 6. The average molecular weight is 956 g/mol. The molecule has 8 rings (SSSR count). The summed E-state index contributed by atoms with van der Waals surface area (Å²) in [7, 11) is 0. The number of unbranched alkanes of at least 4 members (excludes halogenated alkanes) is 1. The van der Waals surface area contributed by atoms with Gasteiger partial charge in [-0.1, -0.05) is 116 Å². The summed E-state index contributed by atoms with van der Waals surface area (Å²) in [5.41, 5.74) is 17.9. The molecule has 6 N–H and O–H groups in total. The van der Waals surface area contributed by atoms with E-state index in [1.165, 1.54) is 51.4 Å². The normalized spacial score (nSPS) is 25.5. The van der Waals surface area contributed by atoms with E-state index in [2.05, 4.69) is 58.6 Å². The van der Waals surface area contributed by atoms with Crippen molar-refractivity contribution < 1.29 is 68.6 Å². The van der Waals surface area contributed by atoms with E-state index in [0.29, 0.717) is 58.7 Å². The van der Waals surface area contributed by atoms with E-state index in [1.807, 2.05) is 48.5 Å². The number of carbonyl (C=O) groups is 2. The van der Waals surface area contributed by atoms with Crippen molar-refractivity contribution in [1.82, 2.24) is 0 Å². The lowest BCUT2D eigenvalue weighted by Crippen LogP contribution is -2.55. The van der Waals surface area contributed by atoms with E-state index in [-0.39, 0.29) is 30.4 Å². The molecule has 2 aliphatic heterocycles. The molecule has 0 saturated carbocycles. The zero-order chi connectivity index (χ0) is 49.5. The highest BCUT2D eigenvalue weighted by molar-refractivity contribution is 5.80. The highest BCUT2D eigenvalue weighted by Gasteiger charge is 2.43. The van der Waals surface area contributed by atoms with Crippen LogP contribution in [0.2, 0.25) is 0 Å². The Kier molecular flexibility index (Phi) is 20.1. The largest absolute Gasteiger partial charge is 0.465 e. The molecule has 0 aromatic heterocycles. The van der Waals surface area contributed by atoms with Crippen LogP contribution < -0.4 is 0 Å². The highest BCUT2D eigenvalue weighted by atomic mass is 16.7. The van der Waals surface area contributed by atoms with E-state index in [4.69, 9.17) is 39.1 Å². The van der Waals surface area contributed by atoms with E-state index in [9.17, 15) is 35.1 Å². The maximum absolute atomic E-state index is 12.3. The summed E-state index contributed by atoms with van der Waals surface area (Å²) < 4.78 is 32.8.